The van der Waals surface area contributed by atoms with Crippen LogP contribution in [0.3, 0.4) is 0 Å². The first kappa shape index (κ1) is 13.8. The van der Waals surface area contributed by atoms with Crippen molar-refractivity contribution in [2.24, 2.45) is 0 Å². The Balaban J connectivity index is 1.97. The molecule has 3 heterocycles. The van der Waals surface area contributed by atoms with E-state index in [1.807, 2.05) is 26.0 Å². The van der Waals surface area contributed by atoms with Gasteiger partial charge in [0.05, 0.1) is 17.9 Å². The fourth-order valence-corrected chi connectivity index (χ4v) is 2.70. The summed E-state index contributed by atoms with van der Waals surface area (Å²) in [7, 11) is 0. The van der Waals surface area contributed by atoms with E-state index >= 15 is 0 Å². The SMILES string of the molecule is Cc1c(Cl)ccnc1N1CC(C)N(c2cccnc2)C1=O. The third-order valence-electron chi connectivity index (χ3n) is 3.62. The molecule has 6 heteroatoms. The molecular formula is C15H15ClN4O. The zero-order valence-electron chi connectivity index (χ0n) is 11.8. The van der Waals surface area contributed by atoms with Crippen LogP contribution in [-0.4, -0.2) is 28.6 Å². The van der Waals surface area contributed by atoms with E-state index in [1.54, 1.807) is 34.5 Å². The van der Waals surface area contributed by atoms with Gasteiger partial charge in [0, 0.05) is 29.5 Å². The second-order valence-corrected chi connectivity index (χ2v) is 5.47. The maximum atomic E-state index is 12.7. The number of carbonyl (C=O) groups excluding carboxylic acids is 1. The van der Waals surface area contributed by atoms with Gasteiger partial charge in [0.25, 0.3) is 0 Å². The van der Waals surface area contributed by atoms with E-state index in [0.29, 0.717) is 17.4 Å². The van der Waals surface area contributed by atoms with E-state index in [4.69, 9.17) is 11.6 Å². The molecule has 108 valence electrons. The molecule has 1 atom stereocenters. The lowest BCUT2D eigenvalue weighted by molar-refractivity contribution is 0.255. The van der Waals surface area contributed by atoms with Crippen LogP contribution in [0, 0.1) is 6.92 Å². The van der Waals surface area contributed by atoms with Crippen molar-refractivity contribution in [1.82, 2.24) is 9.97 Å². The first-order valence-electron chi connectivity index (χ1n) is 6.71. The molecule has 2 aromatic heterocycles. The second kappa shape index (κ2) is 5.33. The highest BCUT2D eigenvalue weighted by Gasteiger charge is 2.37. The number of hydrogen-bond acceptors (Lipinski definition) is 3. The predicted molar refractivity (Wildman–Crippen MR) is 82.9 cm³/mol. The van der Waals surface area contributed by atoms with E-state index in [0.717, 1.165) is 11.3 Å². The zero-order chi connectivity index (χ0) is 15.0. The Morgan fingerprint density at radius 2 is 2.14 bits per heavy atom. The monoisotopic (exact) mass is 302 g/mol. The Bertz CT molecular complexity index is 677. The van der Waals surface area contributed by atoms with Gasteiger partial charge in [-0.25, -0.2) is 9.78 Å². The molecule has 3 rings (SSSR count). The van der Waals surface area contributed by atoms with E-state index in [-0.39, 0.29) is 12.1 Å². The molecule has 0 bridgehead atoms. The van der Waals surface area contributed by atoms with Crippen molar-refractivity contribution in [3.05, 3.63) is 47.4 Å². The van der Waals surface area contributed by atoms with Gasteiger partial charge in [-0.1, -0.05) is 11.6 Å². The number of nitrogens with zero attached hydrogens (tertiary/aromatic N) is 4. The summed E-state index contributed by atoms with van der Waals surface area (Å²) in [5, 5.41) is 0.611. The van der Waals surface area contributed by atoms with Gasteiger partial charge in [-0.05, 0) is 32.0 Å². The molecule has 1 aliphatic rings. The largest absolute Gasteiger partial charge is 0.330 e. The minimum Gasteiger partial charge on any atom is -0.288 e. The topological polar surface area (TPSA) is 49.3 Å². The Morgan fingerprint density at radius 1 is 1.33 bits per heavy atom. The van der Waals surface area contributed by atoms with Crippen molar-refractivity contribution in [3.63, 3.8) is 0 Å². The number of aromatic nitrogens is 2. The van der Waals surface area contributed by atoms with E-state index in [2.05, 4.69) is 9.97 Å². The third-order valence-corrected chi connectivity index (χ3v) is 4.03. The summed E-state index contributed by atoms with van der Waals surface area (Å²) in [6.45, 7) is 4.45. The second-order valence-electron chi connectivity index (χ2n) is 5.06. The molecule has 2 aromatic rings. The fraction of sp³-hybridized carbons (Fsp3) is 0.267. The van der Waals surface area contributed by atoms with Crippen LogP contribution < -0.4 is 9.80 Å². The average Bonchev–Trinajstić information content (AvgIpc) is 2.78. The molecule has 2 amide bonds. The Kier molecular flexibility index (Phi) is 3.51. The van der Waals surface area contributed by atoms with Crippen molar-refractivity contribution in [3.8, 4) is 0 Å². The molecule has 5 nitrogen and oxygen atoms in total. The molecule has 1 aliphatic heterocycles. The van der Waals surface area contributed by atoms with Gasteiger partial charge in [-0.15, -0.1) is 0 Å². The molecular weight excluding hydrogens is 288 g/mol. The highest BCUT2D eigenvalue weighted by atomic mass is 35.5. The number of pyridine rings is 2. The summed E-state index contributed by atoms with van der Waals surface area (Å²) in [5.41, 5.74) is 1.60. The third kappa shape index (κ3) is 2.34. The lowest BCUT2D eigenvalue weighted by Crippen LogP contribution is -2.34. The lowest BCUT2D eigenvalue weighted by atomic mass is 10.2. The Hall–Kier alpha value is -2.14. The van der Waals surface area contributed by atoms with Crippen molar-refractivity contribution in [1.29, 1.82) is 0 Å². The van der Waals surface area contributed by atoms with Crippen molar-refractivity contribution in [2.75, 3.05) is 16.3 Å². The summed E-state index contributed by atoms with van der Waals surface area (Å²) in [5.74, 6) is 0.616. The van der Waals surface area contributed by atoms with Gasteiger partial charge in [0.15, 0.2) is 0 Å². The van der Waals surface area contributed by atoms with Crippen LogP contribution in [0.25, 0.3) is 0 Å². The van der Waals surface area contributed by atoms with Crippen LogP contribution in [0.1, 0.15) is 12.5 Å². The van der Waals surface area contributed by atoms with Gasteiger partial charge in [-0.3, -0.25) is 14.8 Å². The van der Waals surface area contributed by atoms with Crippen LogP contribution in [-0.2, 0) is 0 Å². The van der Waals surface area contributed by atoms with Crippen molar-refractivity contribution >= 4 is 29.1 Å². The zero-order valence-corrected chi connectivity index (χ0v) is 12.6. The van der Waals surface area contributed by atoms with Crippen molar-refractivity contribution < 1.29 is 4.79 Å². The minimum absolute atomic E-state index is 0.0434. The lowest BCUT2D eigenvalue weighted by Gasteiger charge is -2.20. The molecule has 1 unspecified atom stereocenters. The smallest absolute Gasteiger partial charge is 0.288 e. The van der Waals surface area contributed by atoms with Gasteiger partial charge >= 0.3 is 6.03 Å². The van der Waals surface area contributed by atoms with Crippen LogP contribution >= 0.6 is 11.6 Å². The molecule has 0 aromatic carbocycles. The van der Waals surface area contributed by atoms with Crippen LogP contribution in [0.15, 0.2) is 36.8 Å². The van der Waals surface area contributed by atoms with Gasteiger partial charge < -0.3 is 0 Å². The summed E-state index contributed by atoms with van der Waals surface area (Å²) in [6.07, 6.45) is 5.00. The summed E-state index contributed by atoms with van der Waals surface area (Å²) in [6, 6.07) is 5.36. The molecule has 1 fully saturated rings. The van der Waals surface area contributed by atoms with E-state index in [1.165, 1.54) is 0 Å². The first-order chi connectivity index (χ1) is 10.1. The van der Waals surface area contributed by atoms with Gasteiger partial charge in [0.1, 0.15) is 5.82 Å². The number of rotatable bonds is 2. The van der Waals surface area contributed by atoms with Crippen LogP contribution in [0.4, 0.5) is 16.3 Å². The number of carbonyl (C=O) groups is 1. The summed E-state index contributed by atoms with van der Waals surface area (Å²) < 4.78 is 0. The molecule has 0 N–H and O–H groups in total. The molecule has 21 heavy (non-hydrogen) atoms. The molecule has 0 spiro atoms. The summed E-state index contributed by atoms with van der Waals surface area (Å²) in [4.78, 5) is 24.5. The highest BCUT2D eigenvalue weighted by molar-refractivity contribution is 6.31. The normalized spacial score (nSPS) is 18.4. The number of anilines is 2. The first-order valence-corrected chi connectivity index (χ1v) is 7.09. The minimum atomic E-state index is -0.103. The van der Waals surface area contributed by atoms with Crippen molar-refractivity contribution in [2.45, 2.75) is 19.9 Å². The number of hydrogen-bond donors (Lipinski definition) is 0. The quantitative estimate of drug-likeness (QED) is 0.855. The maximum absolute atomic E-state index is 12.7. The molecule has 0 radical (unpaired) electrons. The van der Waals surface area contributed by atoms with Crippen LogP contribution in [0.5, 0.6) is 0 Å². The van der Waals surface area contributed by atoms with E-state index < -0.39 is 0 Å². The molecule has 0 aliphatic carbocycles. The van der Waals surface area contributed by atoms with Gasteiger partial charge in [-0.2, -0.15) is 0 Å². The van der Waals surface area contributed by atoms with E-state index in [9.17, 15) is 4.79 Å². The maximum Gasteiger partial charge on any atom is 0.330 e. The number of amides is 2. The standard InChI is InChI=1S/C15H15ClN4O/c1-10-9-19(14-11(2)13(16)5-7-18-14)15(21)20(10)12-4-3-6-17-8-12/h3-8,10H,9H2,1-2H3. The number of urea groups is 1. The number of halogens is 1. The predicted octanol–water partition coefficient (Wildman–Crippen LogP) is 3.27. The molecule has 1 saturated heterocycles. The average molecular weight is 303 g/mol. The summed E-state index contributed by atoms with van der Waals surface area (Å²) >= 11 is 6.13. The fourth-order valence-electron chi connectivity index (χ4n) is 2.55. The molecule has 0 saturated carbocycles. The van der Waals surface area contributed by atoms with Crippen LogP contribution in [0.2, 0.25) is 5.02 Å². The highest BCUT2D eigenvalue weighted by Crippen LogP contribution is 2.31. The Labute approximate surface area is 128 Å². The Morgan fingerprint density at radius 3 is 2.86 bits per heavy atom. The van der Waals surface area contributed by atoms with Gasteiger partial charge in [0.2, 0.25) is 0 Å².